The third-order valence-electron chi connectivity index (χ3n) is 6.41. The molecule has 1 aliphatic heterocycles. The second kappa shape index (κ2) is 11.2. The summed E-state index contributed by atoms with van der Waals surface area (Å²) in [6.45, 7) is 2.67. The minimum atomic E-state index is -0.371. The molecule has 3 aromatic carbocycles. The monoisotopic (exact) mass is 592 g/mol. The van der Waals surface area contributed by atoms with Crippen LogP contribution in [0.2, 0.25) is 0 Å². The zero-order valence-electron chi connectivity index (χ0n) is 20.6. The van der Waals surface area contributed by atoms with Gasteiger partial charge < -0.3 is 24.3 Å². The molecule has 0 bridgehead atoms. The lowest BCUT2D eigenvalue weighted by Gasteiger charge is -2.35. The largest absolute Gasteiger partial charge is 0.495 e. The summed E-state index contributed by atoms with van der Waals surface area (Å²) in [6, 6.07) is 20.7. The molecule has 0 radical (unpaired) electrons. The van der Waals surface area contributed by atoms with Crippen molar-refractivity contribution in [1.29, 1.82) is 0 Å². The van der Waals surface area contributed by atoms with Crippen LogP contribution in [0, 0.1) is 0 Å². The Morgan fingerprint density at radius 3 is 2.42 bits per heavy atom. The minimum Gasteiger partial charge on any atom is -0.495 e. The number of thiocarbonyl (C=S) groups is 1. The first-order valence-electron chi connectivity index (χ1n) is 12.0. The number of hydrogen-bond donors (Lipinski definition) is 2. The molecule has 0 atom stereocenters. The second-order valence-electron chi connectivity index (χ2n) is 8.70. The number of carbonyl (C=O) groups excluding carboxylic acids is 2. The fourth-order valence-electron chi connectivity index (χ4n) is 4.46. The van der Waals surface area contributed by atoms with Gasteiger partial charge in [0.25, 0.3) is 11.8 Å². The summed E-state index contributed by atoms with van der Waals surface area (Å²) < 4.78 is 11.5. The molecule has 2 amide bonds. The lowest BCUT2D eigenvalue weighted by atomic mass is 10.1. The van der Waals surface area contributed by atoms with E-state index in [1.807, 2.05) is 48.5 Å². The quantitative estimate of drug-likeness (QED) is 0.304. The fourth-order valence-corrected chi connectivity index (χ4v) is 5.41. The van der Waals surface area contributed by atoms with Crippen LogP contribution in [0.5, 0.6) is 5.75 Å². The van der Waals surface area contributed by atoms with Crippen molar-refractivity contribution in [3.8, 4) is 5.75 Å². The first-order chi connectivity index (χ1) is 18.4. The van der Waals surface area contributed by atoms with Gasteiger partial charge in [0.05, 0.1) is 23.4 Å². The van der Waals surface area contributed by atoms with Crippen LogP contribution >= 0.6 is 28.1 Å². The van der Waals surface area contributed by atoms with Crippen molar-refractivity contribution in [2.24, 2.45) is 0 Å². The molecule has 2 heterocycles. The second-order valence-corrected chi connectivity index (χ2v) is 9.91. The van der Waals surface area contributed by atoms with Crippen LogP contribution in [0.25, 0.3) is 10.8 Å². The van der Waals surface area contributed by atoms with E-state index in [0.717, 1.165) is 35.2 Å². The molecule has 0 aliphatic carbocycles. The lowest BCUT2D eigenvalue weighted by molar-refractivity contribution is 0.0714. The van der Waals surface area contributed by atoms with Gasteiger partial charge >= 0.3 is 0 Å². The number of nitrogens with one attached hydrogen (secondary N) is 2. The van der Waals surface area contributed by atoms with E-state index >= 15 is 0 Å². The Morgan fingerprint density at radius 2 is 1.74 bits per heavy atom. The number of piperazine rings is 1. The van der Waals surface area contributed by atoms with Crippen molar-refractivity contribution < 1.29 is 18.7 Å². The summed E-state index contributed by atoms with van der Waals surface area (Å²) in [5.41, 5.74) is 2.17. The standard InChI is InChI=1S/C28H25BrN4O4S/c1-36-25-22(17-18-5-2-3-6-21(18)24(25)29)26(34)31-28(38)30-19-8-10-20(11-9-19)32-12-14-33(15-13-32)27(35)23-7-4-16-37-23/h2-11,16-17H,12-15H2,1H3,(H2,30,31,34,38). The molecule has 1 fully saturated rings. The average molecular weight is 594 g/mol. The van der Waals surface area contributed by atoms with Crippen molar-refractivity contribution in [3.63, 3.8) is 0 Å². The number of carbonyl (C=O) groups is 2. The number of amides is 2. The van der Waals surface area contributed by atoms with Gasteiger partial charge in [-0.1, -0.05) is 24.3 Å². The zero-order valence-corrected chi connectivity index (χ0v) is 23.0. The molecule has 38 heavy (non-hydrogen) atoms. The highest BCUT2D eigenvalue weighted by Crippen LogP contribution is 2.36. The SMILES string of the molecule is COc1c(C(=O)NC(=S)Nc2ccc(N3CCN(C(=O)c4ccco4)CC3)cc2)cc2ccccc2c1Br. The van der Waals surface area contributed by atoms with Gasteiger partial charge in [-0.25, -0.2) is 0 Å². The highest BCUT2D eigenvalue weighted by Gasteiger charge is 2.24. The third kappa shape index (κ3) is 5.36. The van der Waals surface area contributed by atoms with Crippen molar-refractivity contribution in [2.75, 3.05) is 43.5 Å². The summed E-state index contributed by atoms with van der Waals surface area (Å²) in [7, 11) is 1.53. The first kappa shape index (κ1) is 25.7. The number of furan rings is 1. The van der Waals surface area contributed by atoms with Crippen LogP contribution in [0.1, 0.15) is 20.9 Å². The molecule has 0 unspecified atom stereocenters. The third-order valence-corrected chi connectivity index (χ3v) is 7.40. The summed E-state index contributed by atoms with van der Waals surface area (Å²) in [4.78, 5) is 29.6. The average Bonchev–Trinajstić information content (AvgIpc) is 3.48. The molecular weight excluding hydrogens is 568 g/mol. The Kier molecular flexibility index (Phi) is 7.62. The van der Waals surface area contributed by atoms with Crippen molar-refractivity contribution in [2.45, 2.75) is 0 Å². The minimum absolute atomic E-state index is 0.0848. The Hall–Kier alpha value is -3.89. The van der Waals surface area contributed by atoms with Crippen molar-refractivity contribution in [1.82, 2.24) is 10.2 Å². The maximum absolute atomic E-state index is 13.1. The predicted octanol–water partition coefficient (Wildman–Crippen LogP) is 5.29. The van der Waals surface area contributed by atoms with E-state index in [-0.39, 0.29) is 16.9 Å². The van der Waals surface area contributed by atoms with Gasteiger partial charge in [-0.2, -0.15) is 0 Å². The smallest absolute Gasteiger partial charge is 0.289 e. The molecule has 1 aliphatic rings. The van der Waals surface area contributed by atoms with Crippen LogP contribution in [0.4, 0.5) is 11.4 Å². The molecule has 194 valence electrons. The number of nitrogens with zero attached hydrogens (tertiary/aromatic N) is 2. The summed E-state index contributed by atoms with van der Waals surface area (Å²) in [5.74, 6) is 0.353. The zero-order chi connectivity index (χ0) is 26.6. The van der Waals surface area contributed by atoms with Gasteiger partial charge in [0, 0.05) is 37.6 Å². The first-order valence-corrected chi connectivity index (χ1v) is 13.2. The number of benzene rings is 3. The van der Waals surface area contributed by atoms with Gasteiger partial charge in [0.15, 0.2) is 10.9 Å². The number of halogens is 1. The molecule has 0 saturated carbocycles. The van der Waals surface area contributed by atoms with Gasteiger partial charge in [0.1, 0.15) is 5.75 Å². The van der Waals surface area contributed by atoms with Gasteiger partial charge in [-0.05, 0) is 81.4 Å². The normalized spacial score (nSPS) is 13.3. The highest BCUT2D eigenvalue weighted by atomic mass is 79.9. The predicted molar refractivity (Wildman–Crippen MR) is 155 cm³/mol. The highest BCUT2D eigenvalue weighted by molar-refractivity contribution is 9.10. The lowest BCUT2D eigenvalue weighted by Crippen LogP contribution is -2.48. The summed E-state index contributed by atoms with van der Waals surface area (Å²) in [6.07, 6.45) is 1.51. The molecule has 2 N–H and O–H groups in total. The molecule has 4 aromatic rings. The van der Waals surface area contributed by atoms with Gasteiger partial charge in [-0.15, -0.1) is 0 Å². The number of hydrogen-bond acceptors (Lipinski definition) is 6. The van der Waals surface area contributed by atoms with Crippen molar-refractivity contribution >= 4 is 67.2 Å². The van der Waals surface area contributed by atoms with E-state index in [1.54, 1.807) is 23.1 Å². The van der Waals surface area contributed by atoms with Crippen LogP contribution in [-0.2, 0) is 0 Å². The summed E-state index contributed by atoms with van der Waals surface area (Å²) in [5, 5.41) is 7.85. The molecule has 5 rings (SSSR count). The Balaban J connectivity index is 1.18. The van der Waals surface area contributed by atoms with Gasteiger partial charge in [0.2, 0.25) is 0 Å². The van der Waals surface area contributed by atoms with Gasteiger partial charge in [-0.3, -0.25) is 14.9 Å². The Morgan fingerprint density at radius 1 is 1.00 bits per heavy atom. The molecule has 1 aromatic heterocycles. The molecule has 0 spiro atoms. The van der Waals surface area contributed by atoms with Crippen LogP contribution in [0.3, 0.4) is 0 Å². The van der Waals surface area contributed by atoms with Crippen LogP contribution < -0.4 is 20.3 Å². The number of fused-ring (bicyclic) bond motifs is 1. The van der Waals surface area contributed by atoms with Crippen molar-refractivity contribution in [3.05, 3.63) is 88.8 Å². The topological polar surface area (TPSA) is 87.0 Å². The fraction of sp³-hybridized carbons (Fsp3) is 0.179. The summed E-state index contributed by atoms with van der Waals surface area (Å²) >= 11 is 8.96. The van der Waals surface area contributed by atoms with E-state index < -0.39 is 0 Å². The Bertz CT molecular complexity index is 1480. The van der Waals surface area contributed by atoms with Crippen LogP contribution in [-0.4, -0.2) is 55.1 Å². The van der Waals surface area contributed by atoms with E-state index in [2.05, 4.69) is 31.5 Å². The Labute approximate surface area is 233 Å². The maximum atomic E-state index is 13.1. The molecule has 10 heteroatoms. The number of methoxy groups -OCH3 is 1. The molecular formula is C28H25BrN4O4S. The number of anilines is 2. The van der Waals surface area contributed by atoms with E-state index in [4.69, 9.17) is 21.4 Å². The maximum Gasteiger partial charge on any atom is 0.289 e. The van der Waals surface area contributed by atoms with Crippen LogP contribution in [0.15, 0.2) is 81.9 Å². The number of rotatable bonds is 5. The van der Waals surface area contributed by atoms with E-state index in [1.165, 1.54) is 13.4 Å². The number of ether oxygens (including phenoxy) is 1. The molecule has 8 nitrogen and oxygen atoms in total. The van der Waals surface area contributed by atoms with E-state index in [9.17, 15) is 9.59 Å². The van der Waals surface area contributed by atoms with E-state index in [0.29, 0.717) is 34.6 Å². The molecule has 1 saturated heterocycles.